The summed E-state index contributed by atoms with van der Waals surface area (Å²) in [7, 11) is 1.60. The Hall–Kier alpha value is -1.71. The number of amides is 1. The minimum atomic E-state index is -0.0378. The zero-order valence-electron chi connectivity index (χ0n) is 13.0. The molecule has 0 unspecified atom stereocenters. The highest BCUT2D eigenvalue weighted by molar-refractivity contribution is 5.94. The third kappa shape index (κ3) is 4.38. The Bertz CT molecular complexity index is 467. The number of methoxy groups -OCH3 is 1. The molecular weight excluding hydrogens is 266 g/mol. The monoisotopic (exact) mass is 291 g/mol. The molecule has 0 saturated heterocycles. The second-order valence-corrected chi connectivity index (χ2v) is 5.51. The first-order chi connectivity index (χ1) is 10.2. The quantitative estimate of drug-likeness (QED) is 0.873. The van der Waals surface area contributed by atoms with Gasteiger partial charge >= 0.3 is 0 Å². The van der Waals surface area contributed by atoms with Crippen molar-refractivity contribution in [1.82, 2.24) is 5.32 Å². The van der Waals surface area contributed by atoms with E-state index < -0.39 is 0 Å². The lowest BCUT2D eigenvalue weighted by atomic mass is 9.89. The summed E-state index contributed by atoms with van der Waals surface area (Å²) in [5.41, 5.74) is 0.620. The van der Waals surface area contributed by atoms with Crippen LogP contribution in [0.25, 0.3) is 0 Å². The van der Waals surface area contributed by atoms with Crippen LogP contribution in [0.3, 0.4) is 0 Å². The summed E-state index contributed by atoms with van der Waals surface area (Å²) in [5, 5.41) is 3.04. The molecule has 1 aliphatic carbocycles. The van der Waals surface area contributed by atoms with Gasteiger partial charge in [-0.1, -0.05) is 19.3 Å². The van der Waals surface area contributed by atoms with Gasteiger partial charge in [0.2, 0.25) is 0 Å². The number of rotatable bonds is 6. The third-order valence-corrected chi connectivity index (χ3v) is 4.00. The molecule has 1 N–H and O–H groups in total. The second kappa shape index (κ2) is 7.91. The maximum absolute atomic E-state index is 12.2. The number of hydrogen-bond acceptors (Lipinski definition) is 3. The van der Waals surface area contributed by atoms with E-state index in [9.17, 15) is 4.79 Å². The van der Waals surface area contributed by atoms with Crippen LogP contribution in [0.5, 0.6) is 11.5 Å². The predicted molar refractivity (Wildman–Crippen MR) is 83.1 cm³/mol. The van der Waals surface area contributed by atoms with E-state index in [-0.39, 0.29) is 5.91 Å². The smallest absolute Gasteiger partial charge is 0.251 e. The molecule has 1 fully saturated rings. The highest BCUT2D eigenvalue weighted by atomic mass is 16.5. The van der Waals surface area contributed by atoms with Crippen molar-refractivity contribution in [3.05, 3.63) is 23.8 Å². The highest BCUT2D eigenvalue weighted by Gasteiger charge is 2.16. The topological polar surface area (TPSA) is 47.6 Å². The second-order valence-electron chi connectivity index (χ2n) is 5.51. The van der Waals surface area contributed by atoms with Gasteiger partial charge < -0.3 is 14.8 Å². The fourth-order valence-corrected chi connectivity index (χ4v) is 2.82. The highest BCUT2D eigenvalue weighted by Crippen LogP contribution is 2.28. The lowest BCUT2D eigenvalue weighted by molar-refractivity contribution is 0.0943. The fourth-order valence-electron chi connectivity index (χ4n) is 2.82. The van der Waals surface area contributed by atoms with Crippen molar-refractivity contribution in [2.75, 3.05) is 20.3 Å². The Balaban J connectivity index is 1.96. The van der Waals surface area contributed by atoms with Gasteiger partial charge in [0, 0.05) is 12.1 Å². The first-order valence-corrected chi connectivity index (χ1v) is 7.83. The van der Waals surface area contributed by atoms with Crippen molar-refractivity contribution >= 4 is 5.91 Å². The molecular formula is C17H25NO3. The van der Waals surface area contributed by atoms with Crippen molar-refractivity contribution in [2.24, 2.45) is 5.92 Å². The fraction of sp³-hybridized carbons (Fsp3) is 0.588. The number of carbonyl (C=O) groups is 1. The molecule has 0 spiro atoms. The Kier molecular flexibility index (Phi) is 5.90. The number of carbonyl (C=O) groups excluding carboxylic acids is 1. The predicted octanol–water partition coefficient (Wildman–Crippen LogP) is 3.40. The van der Waals surface area contributed by atoms with Crippen LogP contribution in [0.2, 0.25) is 0 Å². The average molecular weight is 291 g/mol. The largest absolute Gasteiger partial charge is 0.493 e. The molecule has 0 heterocycles. The zero-order chi connectivity index (χ0) is 15.1. The Morgan fingerprint density at radius 1 is 1.24 bits per heavy atom. The lowest BCUT2D eigenvalue weighted by Gasteiger charge is -2.21. The average Bonchev–Trinajstić information content (AvgIpc) is 2.54. The van der Waals surface area contributed by atoms with E-state index >= 15 is 0 Å². The van der Waals surface area contributed by atoms with Crippen LogP contribution in [0.4, 0.5) is 0 Å². The molecule has 1 aromatic rings. The van der Waals surface area contributed by atoms with Gasteiger partial charge in [-0.25, -0.2) is 0 Å². The summed E-state index contributed by atoms with van der Waals surface area (Å²) in [4.78, 5) is 12.2. The minimum absolute atomic E-state index is 0.0378. The number of nitrogens with one attached hydrogen (secondary N) is 1. The molecule has 2 rings (SSSR count). The van der Waals surface area contributed by atoms with Gasteiger partial charge in [-0.2, -0.15) is 0 Å². The normalized spacial score (nSPS) is 15.5. The van der Waals surface area contributed by atoms with Gasteiger partial charge in [-0.05, 0) is 43.9 Å². The number of ether oxygens (including phenoxy) is 2. The van der Waals surface area contributed by atoms with Crippen LogP contribution in [-0.4, -0.2) is 26.2 Å². The summed E-state index contributed by atoms with van der Waals surface area (Å²) < 4.78 is 10.7. The summed E-state index contributed by atoms with van der Waals surface area (Å²) in [6.07, 6.45) is 6.37. The van der Waals surface area contributed by atoms with Crippen LogP contribution < -0.4 is 14.8 Å². The van der Waals surface area contributed by atoms with Gasteiger partial charge in [-0.3, -0.25) is 4.79 Å². The van der Waals surface area contributed by atoms with Gasteiger partial charge in [0.05, 0.1) is 13.7 Å². The standard InChI is InChI=1S/C17H25NO3/c1-3-21-16-11-14(9-10-15(16)20-2)17(19)18-12-13-7-5-4-6-8-13/h9-11,13H,3-8,12H2,1-2H3,(H,18,19). The molecule has 116 valence electrons. The Labute approximate surface area is 126 Å². The third-order valence-electron chi connectivity index (χ3n) is 4.00. The van der Waals surface area contributed by atoms with E-state index in [4.69, 9.17) is 9.47 Å². The molecule has 4 heteroatoms. The van der Waals surface area contributed by atoms with Crippen LogP contribution in [-0.2, 0) is 0 Å². The van der Waals surface area contributed by atoms with Crippen molar-refractivity contribution in [2.45, 2.75) is 39.0 Å². The summed E-state index contributed by atoms with van der Waals surface area (Å²) >= 11 is 0. The SMILES string of the molecule is CCOc1cc(C(=O)NCC2CCCCC2)ccc1OC. The molecule has 0 radical (unpaired) electrons. The van der Waals surface area contributed by atoms with Crippen molar-refractivity contribution in [3.8, 4) is 11.5 Å². The van der Waals surface area contributed by atoms with Gasteiger partial charge in [0.25, 0.3) is 5.91 Å². The summed E-state index contributed by atoms with van der Waals surface area (Å²) in [6.45, 7) is 3.23. The van der Waals surface area contributed by atoms with Crippen LogP contribution in [0.15, 0.2) is 18.2 Å². The molecule has 0 aromatic heterocycles. The Morgan fingerprint density at radius 2 is 2.00 bits per heavy atom. The molecule has 1 aliphatic rings. The van der Waals surface area contributed by atoms with E-state index in [1.54, 1.807) is 25.3 Å². The number of hydrogen-bond donors (Lipinski definition) is 1. The summed E-state index contributed by atoms with van der Waals surface area (Å²) in [6, 6.07) is 5.30. The molecule has 0 aliphatic heterocycles. The first kappa shape index (κ1) is 15.7. The van der Waals surface area contributed by atoms with E-state index in [0.717, 1.165) is 6.54 Å². The molecule has 21 heavy (non-hydrogen) atoms. The van der Waals surface area contributed by atoms with Crippen molar-refractivity contribution in [3.63, 3.8) is 0 Å². The molecule has 1 aromatic carbocycles. The van der Waals surface area contributed by atoms with E-state index in [2.05, 4.69) is 5.32 Å². The maximum Gasteiger partial charge on any atom is 0.251 e. The van der Waals surface area contributed by atoms with Crippen LogP contribution in [0, 0.1) is 5.92 Å². The summed E-state index contributed by atoms with van der Waals surface area (Å²) in [5.74, 6) is 1.86. The van der Waals surface area contributed by atoms with E-state index in [1.807, 2.05) is 6.92 Å². The molecule has 0 atom stereocenters. The molecule has 0 bridgehead atoms. The van der Waals surface area contributed by atoms with Gasteiger partial charge in [0.1, 0.15) is 0 Å². The van der Waals surface area contributed by atoms with Gasteiger partial charge in [-0.15, -0.1) is 0 Å². The Morgan fingerprint density at radius 3 is 2.67 bits per heavy atom. The molecule has 4 nitrogen and oxygen atoms in total. The molecule has 1 amide bonds. The van der Waals surface area contributed by atoms with Gasteiger partial charge in [0.15, 0.2) is 11.5 Å². The lowest BCUT2D eigenvalue weighted by Crippen LogP contribution is -2.30. The zero-order valence-corrected chi connectivity index (χ0v) is 13.0. The van der Waals surface area contributed by atoms with Crippen LogP contribution >= 0.6 is 0 Å². The molecule has 1 saturated carbocycles. The van der Waals surface area contributed by atoms with E-state index in [1.165, 1.54) is 32.1 Å². The van der Waals surface area contributed by atoms with Crippen molar-refractivity contribution in [1.29, 1.82) is 0 Å². The van der Waals surface area contributed by atoms with Crippen LogP contribution in [0.1, 0.15) is 49.4 Å². The van der Waals surface area contributed by atoms with E-state index in [0.29, 0.717) is 29.6 Å². The van der Waals surface area contributed by atoms with Crippen molar-refractivity contribution < 1.29 is 14.3 Å². The maximum atomic E-state index is 12.2. The number of benzene rings is 1. The first-order valence-electron chi connectivity index (χ1n) is 7.83. The minimum Gasteiger partial charge on any atom is -0.493 e.